The zero-order valence-corrected chi connectivity index (χ0v) is 19.1. The van der Waals surface area contributed by atoms with Crippen molar-refractivity contribution in [1.29, 1.82) is 0 Å². The summed E-state index contributed by atoms with van der Waals surface area (Å²) in [6, 6.07) is 9.12. The molecule has 158 valence electrons. The summed E-state index contributed by atoms with van der Waals surface area (Å²) in [5.74, 6) is 0.229. The van der Waals surface area contributed by atoms with Crippen molar-refractivity contribution in [3.8, 4) is 5.75 Å². The molecule has 0 radical (unpaired) electrons. The van der Waals surface area contributed by atoms with Crippen LogP contribution in [-0.2, 0) is 9.53 Å². The van der Waals surface area contributed by atoms with Crippen molar-refractivity contribution in [2.75, 3.05) is 24.7 Å². The van der Waals surface area contributed by atoms with Gasteiger partial charge < -0.3 is 9.47 Å². The monoisotopic (exact) mass is 464 g/mol. The predicted molar refractivity (Wildman–Crippen MR) is 122 cm³/mol. The van der Waals surface area contributed by atoms with E-state index in [-0.39, 0.29) is 18.6 Å². The van der Waals surface area contributed by atoms with Gasteiger partial charge in [0.1, 0.15) is 5.75 Å². The number of anilines is 1. The van der Waals surface area contributed by atoms with E-state index in [1.54, 1.807) is 23.1 Å². The summed E-state index contributed by atoms with van der Waals surface area (Å²) in [6.45, 7) is 5.12. The molecule has 4 rings (SSSR count). The molecule has 0 saturated carbocycles. The SMILES string of the molecule is Cc1cc(C)c2nc(N(CC3CCCO3)C(=O)COc3ccc(Cl)cc3Cl)sc2c1. The van der Waals surface area contributed by atoms with Gasteiger partial charge in [0.25, 0.3) is 5.91 Å². The number of benzene rings is 2. The molecule has 1 aromatic heterocycles. The van der Waals surface area contributed by atoms with E-state index in [1.165, 1.54) is 16.9 Å². The third-order valence-electron chi connectivity index (χ3n) is 5.01. The Bertz CT molecular complexity index is 1080. The molecule has 0 N–H and O–H groups in total. The Labute approximate surface area is 189 Å². The number of aromatic nitrogens is 1. The Hall–Kier alpha value is -1.86. The number of amides is 1. The fraction of sp³-hybridized carbons (Fsp3) is 0.364. The van der Waals surface area contributed by atoms with E-state index >= 15 is 0 Å². The first-order valence-corrected chi connectivity index (χ1v) is 11.4. The summed E-state index contributed by atoms with van der Waals surface area (Å²) >= 11 is 13.6. The summed E-state index contributed by atoms with van der Waals surface area (Å²) < 4.78 is 12.5. The summed E-state index contributed by atoms with van der Waals surface area (Å²) in [7, 11) is 0. The van der Waals surface area contributed by atoms with E-state index in [0.717, 1.165) is 35.2 Å². The van der Waals surface area contributed by atoms with Gasteiger partial charge in [-0.05, 0) is 62.1 Å². The maximum atomic E-state index is 13.2. The van der Waals surface area contributed by atoms with Crippen LogP contribution in [0.1, 0.15) is 24.0 Å². The Kier molecular flexibility index (Phi) is 6.48. The second-order valence-corrected chi connectivity index (χ2v) is 9.28. The largest absolute Gasteiger partial charge is 0.482 e. The maximum Gasteiger partial charge on any atom is 0.266 e. The number of ether oxygens (including phenoxy) is 2. The van der Waals surface area contributed by atoms with Crippen LogP contribution in [-0.4, -0.2) is 36.8 Å². The van der Waals surface area contributed by atoms with Crippen molar-refractivity contribution in [3.63, 3.8) is 0 Å². The number of aryl methyl sites for hydroxylation is 2. The lowest BCUT2D eigenvalue weighted by atomic mass is 10.1. The number of hydrogen-bond donors (Lipinski definition) is 0. The van der Waals surface area contributed by atoms with Crippen LogP contribution < -0.4 is 9.64 Å². The molecule has 1 atom stereocenters. The average Bonchev–Trinajstić information content (AvgIpc) is 3.34. The highest BCUT2D eigenvalue weighted by atomic mass is 35.5. The first-order valence-electron chi connectivity index (χ1n) is 9.78. The lowest BCUT2D eigenvalue weighted by Crippen LogP contribution is -2.40. The third kappa shape index (κ3) is 4.72. The topological polar surface area (TPSA) is 51.7 Å². The van der Waals surface area contributed by atoms with Crippen LogP contribution in [0.2, 0.25) is 10.0 Å². The minimum atomic E-state index is -0.190. The van der Waals surface area contributed by atoms with Gasteiger partial charge in [-0.2, -0.15) is 0 Å². The van der Waals surface area contributed by atoms with E-state index in [0.29, 0.717) is 27.5 Å². The Morgan fingerprint density at radius 3 is 2.87 bits per heavy atom. The Balaban J connectivity index is 1.59. The smallest absolute Gasteiger partial charge is 0.266 e. The van der Waals surface area contributed by atoms with Gasteiger partial charge in [-0.25, -0.2) is 4.98 Å². The maximum absolute atomic E-state index is 13.2. The van der Waals surface area contributed by atoms with Crippen LogP contribution in [0.25, 0.3) is 10.2 Å². The summed E-state index contributed by atoms with van der Waals surface area (Å²) in [5.41, 5.74) is 3.20. The minimum Gasteiger partial charge on any atom is -0.482 e. The van der Waals surface area contributed by atoms with Crippen LogP contribution in [0, 0.1) is 13.8 Å². The van der Waals surface area contributed by atoms with E-state index < -0.39 is 0 Å². The van der Waals surface area contributed by atoms with Crippen LogP contribution >= 0.6 is 34.5 Å². The number of hydrogen-bond acceptors (Lipinski definition) is 5. The molecule has 0 spiro atoms. The number of fused-ring (bicyclic) bond motifs is 1. The fourth-order valence-electron chi connectivity index (χ4n) is 3.56. The zero-order chi connectivity index (χ0) is 21.3. The second kappa shape index (κ2) is 9.10. The molecule has 2 heterocycles. The normalized spacial score (nSPS) is 16.2. The quantitative estimate of drug-likeness (QED) is 0.461. The molecule has 30 heavy (non-hydrogen) atoms. The van der Waals surface area contributed by atoms with Crippen LogP contribution in [0.3, 0.4) is 0 Å². The molecule has 5 nitrogen and oxygen atoms in total. The molecular formula is C22H22Cl2N2O3S. The molecule has 1 unspecified atom stereocenters. The van der Waals surface area contributed by atoms with Crippen molar-refractivity contribution in [2.45, 2.75) is 32.8 Å². The highest BCUT2D eigenvalue weighted by Gasteiger charge is 2.27. The van der Waals surface area contributed by atoms with Crippen molar-refractivity contribution in [3.05, 3.63) is 51.5 Å². The summed E-state index contributed by atoms with van der Waals surface area (Å²) in [6.07, 6.45) is 1.93. The molecule has 0 bridgehead atoms. The van der Waals surface area contributed by atoms with Gasteiger partial charge in [0.05, 0.1) is 27.9 Å². The second-order valence-electron chi connectivity index (χ2n) is 7.43. The van der Waals surface area contributed by atoms with Gasteiger partial charge in [0.2, 0.25) is 0 Å². The molecule has 2 aromatic carbocycles. The summed E-state index contributed by atoms with van der Waals surface area (Å²) in [4.78, 5) is 19.6. The number of nitrogens with zero attached hydrogens (tertiary/aromatic N) is 2. The van der Waals surface area contributed by atoms with E-state index in [2.05, 4.69) is 19.1 Å². The standard InChI is InChI=1S/C22H22Cl2N2O3S/c1-13-8-14(2)21-19(9-13)30-22(25-21)26(11-16-4-3-7-28-16)20(27)12-29-18-6-5-15(23)10-17(18)24/h5-6,8-10,16H,3-4,7,11-12H2,1-2H3. The molecule has 0 aliphatic carbocycles. The molecule has 1 amide bonds. The van der Waals surface area contributed by atoms with Crippen molar-refractivity contribution in [2.24, 2.45) is 0 Å². The van der Waals surface area contributed by atoms with Crippen LogP contribution in [0.5, 0.6) is 5.75 Å². The number of thiazole rings is 1. The molecule has 3 aromatic rings. The van der Waals surface area contributed by atoms with Crippen molar-refractivity contribution < 1.29 is 14.3 Å². The van der Waals surface area contributed by atoms with Crippen LogP contribution in [0.15, 0.2) is 30.3 Å². The molecule has 8 heteroatoms. The van der Waals surface area contributed by atoms with Gasteiger partial charge in [0.15, 0.2) is 11.7 Å². The highest BCUT2D eigenvalue weighted by molar-refractivity contribution is 7.22. The first kappa shape index (κ1) is 21.4. The van der Waals surface area contributed by atoms with Gasteiger partial charge in [0, 0.05) is 11.6 Å². The molecule has 1 aliphatic heterocycles. The number of rotatable bonds is 6. The lowest BCUT2D eigenvalue weighted by Gasteiger charge is -2.23. The van der Waals surface area contributed by atoms with E-state index in [9.17, 15) is 4.79 Å². The zero-order valence-electron chi connectivity index (χ0n) is 16.8. The molecule has 1 aliphatic rings. The number of carbonyl (C=O) groups is 1. The minimum absolute atomic E-state index is 0.00270. The summed E-state index contributed by atoms with van der Waals surface area (Å²) in [5, 5.41) is 1.54. The highest BCUT2D eigenvalue weighted by Crippen LogP contribution is 2.33. The average molecular weight is 465 g/mol. The molecular weight excluding hydrogens is 443 g/mol. The number of halogens is 2. The Morgan fingerprint density at radius 1 is 1.30 bits per heavy atom. The van der Waals surface area contributed by atoms with Gasteiger partial charge >= 0.3 is 0 Å². The van der Waals surface area contributed by atoms with Crippen molar-refractivity contribution in [1.82, 2.24) is 4.98 Å². The number of carbonyl (C=O) groups excluding carboxylic acids is 1. The van der Waals surface area contributed by atoms with E-state index in [1.807, 2.05) is 6.92 Å². The fourth-order valence-corrected chi connectivity index (χ4v) is 5.19. The van der Waals surface area contributed by atoms with Gasteiger partial charge in [-0.15, -0.1) is 0 Å². The predicted octanol–water partition coefficient (Wildman–Crippen LogP) is 5.81. The molecule has 1 saturated heterocycles. The first-order chi connectivity index (χ1) is 14.4. The van der Waals surface area contributed by atoms with Crippen LogP contribution in [0.4, 0.5) is 5.13 Å². The molecule has 1 fully saturated rings. The van der Waals surface area contributed by atoms with Gasteiger partial charge in [-0.3, -0.25) is 9.69 Å². The van der Waals surface area contributed by atoms with Crippen molar-refractivity contribution >= 4 is 55.8 Å². The lowest BCUT2D eigenvalue weighted by molar-refractivity contribution is -0.120. The Morgan fingerprint density at radius 2 is 2.13 bits per heavy atom. The van der Waals surface area contributed by atoms with E-state index in [4.69, 9.17) is 37.7 Å². The van der Waals surface area contributed by atoms with Gasteiger partial charge in [-0.1, -0.05) is 40.6 Å². The third-order valence-corrected chi connectivity index (χ3v) is 6.56.